The number of nitrogens with one attached hydrogen (secondary N) is 2. The monoisotopic (exact) mass is 344 g/mol. The first-order chi connectivity index (χ1) is 12.0. The van der Waals surface area contributed by atoms with Gasteiger partial charge in [-0.15, -0.1) is 0 Å². The number of carbonyl (C=O) groups is 1. The molecule has 1 aromatic rings. The van der Waals surface area contributed by atoms with E-state index >= 15 is 0 Å². The normalized spacial score (nSPS) is 18.3. The fourth-order valence-electron chi connectivity index (χ4n) is 3.10. The molecule has 1 heterocycles. The van der Waals surface area contributed by atoms with Crippen LogP contribution in [-0.4, -0.2) is 49.0 Å². The molecule has 0 radical (unpaired) electrons. The third kappa shape index (κ3) is 5.48. The molecule has 0 aromatic heterocycles. The molecular weight excluding hydrogens is 312 g/mol. The first kappa shape index (κ1) is 19.3. The minimum Gasteiger partial charge on any atom is -0.357 e. The number of carbonyl (C=O) groups excluding carboxylic acids is 1. The van der Waals surface area contributed by atoms with Gasteiger partial charge in [-0.1, -0.05) is 51.1 Å². The van der Waals surface area contributed by atoms with Crippen LogP contribution in [0.25, 0.3) is 0 Å². The van der Waals surface area contributed by atoms with Gasteiger partial charge >= 0.3 is 0 Å². The van der Waals surface area contributed by atoms with Crippen molar-refractivity contribution in [1.29, 1.82) is 0 Å². The zero-order valence-electron chi connectivity index (χ0n) is 16.0. The lowest BCUT2D eigenvalue weighted by molar-refractivity contribution is -0.129. The fourth-order valence-corrected chi connectivity index (χ4v) is 3.10. The highest BCUT2D eigenvalue weighted by molar-refractivity contribution is 5.80. The molecule has 0 bridgehead atoms. The summed E-state index contributed by atoms with van der Waals surface area (Å²) < 4.78 is 0. The maximum atomic E-state index is 11.8. The second-order valence-corrected chi connectivity index (χ2v) is 7.27. The summed E-state index contributed by atoms with van der Waals surface area (Å²) in [6.07, 6.45) is 1.55. The van der Waals surface area contributed by atoms with Gasteiger partial charge in [-0.25, -0.2) is 0 Å². The molecule has 5 nitrogen and oxygen atoms in total. The lowest BCUT2D eigenvalue weighted by Crippen LogP contribution is -2.45. The smallest absolute Gasteiger partial charge is 0.222 e. The molecule has 0 spiro atoms. The average molecular weight is 345 g/mol. The Hall–Kier alpha value is -2.04. The zero-order chi connectivity index (χ0) is 18.3. The number of hydrogen-bond acceptors (Lipinski definition) is 2. The number of hydrogen-bond donors (Lipinski definition) is 2. The van der Waals surface area contributed by atoms with Gasteiger partial charge in [0.15, 0.2) is 5.96 Å². The van der Waals surface area contributed by atoms with Crippen LogP contribution in [0.15, 0.2) is 35.3 Å². The van der Waals surface area contributed by atoms with Crippen molar-refractivity contribution in [2.45, 2.75) is 52.0 Å². The highest BCUT2D eigenvalue weighted by atomic mass is 16.2. The van der Waals surface area contributed by atoms with Crippen LogP contribution in [0.5, 0.6) is 0 Å². The molecule has 1 aliphatic rings. The van der Waals surface area contributed by atoms with Crippen molar-refractivity contribution in [2.75, 3.05) is 26.2 Å². The van der Waals surface area contributed by atoms with Crippen LogP contribution in [0.3, 0.4) is 0 Å². The highest BCUT2D eigenvalue weighted by Crippen LogP contribution is 2.23. The quantitative estimate of drug-likeness (QED) is 0.616. The van der Waals surface area contributed by atoms with Gasteiger partial charge in [0.05, 0.1) is 6.54 Å². The summed E-state index contributed by atoms with van der Waals surface area (Å²) in [5.41, 5.74) is 1.26. The minimum absolute atomic E-state index is 0.0243. The second kappa shape index (κ2) is 8.88. The first-order valence-corrected chi connectivity index (χ1v) is 9.34. The van der Waals surface area contributed by atoms with Gasteiger partial charge in [-0.2, -0.15) is 0 Å². The van der Waals surface area contributed by atoms with Crippen molar-refractivity contribution >= 4 is 11.9 Å². The molecule has 138 valence electrons. The van der Waals surface area contributed by atoms with Crippen molar-refractivity contribution in [3.8, 4) is 0 Å². The fraction of sp³-hybridized carbons (Fsp3) is 0.600. The molecule has 0 saturated carbocycles. The van der Waals surface area contributed by atoms with Crippen LogP contribution in [0.4, 0.5) is 0 Å². The molecule has 2 rings (SSSR count). The largest absolute Gasteiger partial charge is 0.357 e. The van der Waals surface area contributed by atoms with Crippen LogP contribution >= 0.6 is 0 Å². The zero-order valence-corrected chi connectivity index (χ0v) is 16.0. The van der Waals surface area contributed by atoms with Gasteiger partial charge in [0.2, 0.25) is 5.91 Å². The Labute approximate surface area is 151 Å². The summed E-state index contributed by atoms with van der Waals surface area (Å²) in [6, 6.07) is 10.8. The van der Waals surface area contributed by atoms with Gasteiger partial charge in [0, 0.05) is 37.5 Å². The number of guanidine groups is 1. The number of rotatable bonds is 6. The van der Waals surface area contributed by atoms with E-state index in [9.17, 15) is 4.79 Å². The summed E-state index contributed by atoms with van der Waals surface area (Å²) >= 11 is 0. The van der Waals surface area contributed by atoms with Crippen LogP contribution in [0, 0.1) is 0 Å². The molecule has 1 fully saturated rings. The van der Waals surface area contributed by atoms with Crippen molar-refractivity contribution in [1.82, 2.24) is 15.5 Å². The Balaban J connectivity index is 1.98. The number of amides is 1. The third-order valence-corrected chi connectivity index (χ3v) is 4.72. The van der Waals surface area contributed by atoms with E-state index in [1.165, 1.54) is 5.56 Å². The maximum Gasteiger partial charge on any atom is 0.222 e. The standard InChI is InChI=1S/C20H32N4O/c1-5-18(25)24-13-12-17(14-24)23-19(21-6-2)22-15-20(3,4)16-10-8-7-9-11-16/h7-11,17H,5-6,12-15H2,1-4H3,(H2,21,22,23). The van der Waals surface area contributed by atoms with Crippen LogP contribution in [0.1, 0.15) is 46.1 Å². The predicted molar refractivity (Wildman–Crippen MR) is 104 cm³/mol. The predicted octanol–water partition coefficient (Wildman–Crippen LogP) is 2.53. The minimum atomic E-state index is -0.0243. The summed E-state index contributed by atoms with van der Waals surface area (Å²) in [5.74, 6) is 1.07. The third-order valence-electron chi connectivity index (χ3n) is 4.72. The molecule has 1 saturated heterocycles. The van der Waals surface area contributed by atoms with E-state index in [1.807, 2.05) is 17.9 Å². The van der Waals surface area contributed by atoms with Crippen LogP contribution < -0.4 is 10.6 Å². The SMILES string of the molecule is CCNC(=NCC(C)(C)c1ccccc1)NC1CCN(C(=O)CC)C1. The number of benzene rings is 1. The summed E-state index contributed by atoms with van der Waals surface area (Å²) in [7, 11) is 0. The van der Waals surface area contributed by atoms with E-state index < -0.39 is 0 Å². The van der Waals surface area contributed by atoms with Crippen LogP contribution in [-0.2, 0) is 10.2 Å². The van der Waals surface area contributed by atoms with Crippen molar-refractivity contribution in [2.24, 2.45) is 4.99 Å². The number of likely N-dealkylation sites (tertiary alicyclic amines) is 1. The van der Waals surface area contributed by atoms with E-state index in [4.69, 9.17) is 4.99 Å². The Kier molecular flexibility index (Phi) is 6.85. The molecule has 0 aliphatic carbocycles. The van der Waals surface area contributed by atoms with Crippen LogP contribution in [0.2, 0.25) is 0 Å². The lowest BCUT2D eigenvalue weighted by atomic mass is 9.85. The molecule has 5 heteroatoms. The topological polar surface area (TPSA) is 56.7 Å². The Morgan fingerprint density at radius 3 is 2.64 bits per heavy atom. The van der Waals surface area contributed by atoms with Gasteiger partial charge in [-0.3, -0.25) is 9.79 Å². The van der Waals surface area contributed by atoms with Crippen molar-refractivity contribution in [3.63, 3.8) is 0 Å². The molecule has 2 N–H and O–H groups in total. The molecule has 1 amide bonds. The Morgan fingerprint density at radius 2 is 2.00 bits per heavy atom. The van der Waals surface area contributed by atoms with E-state index in [0.29, 0.717) is 13.0 Å². The van der Waals surface area contributed by atoms with Gasteiger partial charge < -0.3 is 15.5 Å². The van der Waals surface area contributed by atoms with E-state index in [-0.39, 0.29) is 17.4 Å². The van der Waals surface area contributed by atoms with Gasteiger partial charge in [0.25, 0.3) is 0 Å². The van der Waals surface area contributed by atoms with Crippen molar-refractivity contribution in [3.05, 3.63) is 35.9 Å². The average Bonchev–Trinajstić information content (AvgIpc) is 3.08. The summed E-state index contributed by atoms with van der Waals surface area (Å²) in [4.78, 5) is 18.6. The van der Waals surface area contributed by atoms with E-state index in [1.54, 1.807) is 0 Å². The highest BCUT2D eigenvalue weighted by Gasteiger charge is 2.26. The maximum absolute atomic E-state index is 11.8. The first-order valence-electron chi connectivity index (χ1n) is 9.34. The van der Waals surface area contributed by atoms with Gasteiger partial charge in [0.1, 0.15) is 0 Å². The number of aliphatic imine (C=N–C) groups is 1. The van der Waals surface area contributed by atoms with Gasteiger partial charge in [-0.05, 0) is 18.9 Å². The summed E-state index contributed by atoms with van der Waals surface area (Å²) in [6.45, 7) is 11.5. The molecule has 1 aromatic carbocycles. The lowest BCUT2D eigenvalue weighted by Gasteiger charge is -2.24. The molecule has 1 aliphatic heterocycles. The molecule has 1 atom stereocenters. The molecule has 1 unspecified atom stereocenters. The van der Waals surface area contributed by atoms with E-state index in [0.717, 1.165) is 32.0 Å². The Morgan fingerprint density at radius 1 is 1.28 bits per heavy atom. The van der Waals surface area contributed by atoms with E-state index in [2.05, 4.69) is 55.7 Å². The second-order valence-electron chi connectivity index (χ2n) is 7.27. The molecule has 25 heavy (non-hydrogen) atoms. The number of nitrogens with zero attached hydrogens (tertiary/aromatic N) is 2. The Bertz CT molecular complexity index is 583. The summed E-state index contributed by atoms with van der Waals surface area (Å²) in [5, 5.41) is 6.82. The van der Waals surface area contributed by atoms with Crippen molar-refractivity contribution < 1.29 is 4.79 Å². The molecular formula is C20H32N4O.